The van der Waals surface area contributed by atoms with Gasteiger partial charge in [0.25, 0.3) is 0 Å². The Kier molecular flexibility index (Phi) is 8.87. The number of methoxy groups -OCH3 is 1. The van der Waals surface area contributed by atoms with Crippen molar-refractivity contribution in [1.29, 1.82) is 0 Å². The molecule has 208 valence electrons. The quantitative estimate of drug-likeness (QED) is 0.538. The van der Waals surface area contributed by atoms with Crippen molar-refractivity contribution in [1.82, 2.24) is 9.80 Å². The number of carbonyl (C=O) groups is 1. The van der Waals surface area contributed by atoms with Gasteiger partial charge in [-0.1, -0.05) is 17.7 Å². The molecule has 2 aliphatic heterocycles. The third kappa shape index (κ3) is 7.41. The number of aliphatic hydroxyl groups is 2. The monoisotopic (exact) mass is 533 g/mol. The predicted molar refractivity (Wildman–Crippen MR) is 139 cm³/mol. The number of amides is 1. The summed E-state index contributed by atoms with van der Waals surface area (Å²) in [4.78, 5) is 18.3. The van der Waals surface area contributed by atoms with Gasteiger partial charge in [-0.15, -0.1) is 0 Å². The third-order valence-electron chi connectivity index (χ3n) is 7.26. The maximum atomic E-state index is 13.6. The van der Waals surface area contributed by atoms with E-state index < -0.39 is 22.8 Å². The van der Waals surface area contributed by atoms with E-state index in [2.05, 4.69) is 29.2 Å². The van der Waals surface area contributed by atoms with E-state index in [9.17, 15) is 23.8 Å². The molecule has 0 spiro atoms. The number of carbonyl (C=O) groups excluding carboxylic acids is 1. The molecule has 0 aliphatic carbocycles. The number of nitrogens with zero attached hydrogens (tertiary/aromatic N) is 3. The fraction of sp³-hybridized carbons (Fsp3) is 0.536. The highest BCUT2D eigenvalue weighted by atomic mass is 19.1. The van der Waals surface area contributed by atoms with Gasteiger partial charge in [-0.25, -0.2) is 8.78 Å². The molecule has 0 saturated carbocycles. The Labute approximate surface area is 222 Å². The average Bonchev–Trinajstić information content (AvgIpc) is 3.02. The molecule has 8 nitrogen and oxygen atoms in total. The minimum atomic E-state index is -1.54. The molecule has 0 radical (unpaired) electrons. The van der Waals surface area contributed by atoms with E-state index in [1.54, 1.807) is 0 Å². The zero-order valence-corrected chi connectivity index (χ0v) is 22.0. The van der Waals surface area contributed by atoms with E-state index in [0.717, 1.165) is 23.9 Å². The lowest BCUT2D eigenvalue weighted by Crippen LogP contribution is -2.56. The van der Waals surface area contributed by atoms with Crippen LogP contribution in [0.5, 0.6) is 5.75 Å². The van der Waals surface area contributed by atoms with E-state index in [1.165, 1.54) is 17.6 Å². The number of anilines is 1. The van der Waals surface area contributed by atoms with Crippen molar-refractivity contribution < 1.29 is 33.3 Å². The molecule has 38 heavy (non-hydrogen) atoms. The lowest BCUT2D eigenvalue weighted by molar-refractivity contribution is -0.138. The topological polar surface area (TPSA) is 85.7 Å². The Morgan fingerprint density at radius 2 is 1.61 bits per heavy atom. The first kappa shape index (κ1) is 28.2. The Morgan fingerprint density at radius 3 is 2.24 bits per heavy atom. The maximum absolute atomic E-state index is 13.6. The van der Waals surface area contributed by atoms with E-state index in [1.807, 2.05) is 11.8 Å². The number of hydrogen-bond acceptors (Lipinski definition) is 7. The molecule has 0 bridgehead atoms. The number of halogens is 2. The molecule has 2 heterocycles. The SMILES string of the molecule is COCC(=O)N1CCN(CC2(O)CCN(c3ccc(C)cc3)CC2)C[C@@](O)(COc2cc(F)cc(F)c2)C1. The smallest absolute Gasteiger partial charge is 0.248 e. The van der Waals surface area contributed by atoms with E-state index >= 15 is 0 Å². The lowest BCUT2D eigenvalue weighted by Gasteiger charge is -2.42. The van der Waals surface area contributed by atoms with Crippen LogP contribution in [0, 0.1) is 18.6 Å². The van der Waals surface area contributed by atoms with Gasteiger partial charge in [-0.2, -0.15) is 0 Å². The first-order valence-corrected chi connectivity index (χ1v) is 12.9. The van der Waals surface area contributed by atoms with Gasteiger partial charge in [0.1, 0.15) is 36.2 Å². The lowest BCUT2D eigenvalue weighted by atomic mass is 9.90. The van der Waals surface area contributed by atoms with Crippen LogP contribution in [0.3, 0.4) is 0 Å². The Morgan fingerprint density at radius 1 is 0.947 bits per heavy atom. The number of rotatable bonds is 8. The van der Waals surface area contributed by atoms with Crippen molar-refractivity contribution in [2.24, 2.45) is 0 Å². The summed E-state index contributed by atoms with van der Waals surface area (Å²) in [5.41, 5.74) is -0.178. The van der Waals surface area contributed by atoms with Gasteiger partial charge >= 0.3 is 0 Å². The highest BCUT2D eigenvalue weighted by Crippen LogP contribution is 2.29. The second-order valence-corrected chi connectivity index (χ2v) is 10.6. The van der Waals surface area contributed by atoms with Crippen LogP contribution >= 0.6 is 0 Å². The molecule has 2 aliphatic rings. The molecule has 0 aromatic heterocycles. The van der Waals surface area contributed by atoms with Crippen LogP contribution in [-0.2, 0) is 9.53 Å². The minimum absolute atomic E-state index is 0.0386. The van der Waals surface area contributed by atoms with E-state index in [-0.39, 0.29) is 38.0 Å². The first-order valence-electron chi connectivity index (χ1n) is 12.9. The average molecular weight is 534 g/mol. The minimum Gasteiger partial charge on any atom is -0.490 e. The van der Waals surface area contributed by atoms with Crippen LogP contribution in [0.1, 0.15) is 18.4 Å². The summed E-state index contributed by atoms with van der Waals surface area (Å²) in [6, 6.07) is 11.1. The van der Waals surface area contributed by atoms with Gasteiger partial charge in [0, 0.05) is 70.3 Å². The summed E-state index contributed by atoms with van der Waals surface area (Å²) in [6.07, 6.45) is 1.11. The summed E-state index contributed by atoms with van der Waals surface area (Å²) in [5.74, 6) is -1.91. The molecule has 2 saturated heterocycles. The molecule has 1 amide bonds. The molecule has 2 fully saturated rings. The Hall–Kier alpha value is -2.79. The fourth-order valence-electron chi connectivity index (χ4n) is 5.24. The number of piperidine rings is 1. The number of benzene rings is 2. The second kappa shape index (κ2) is 11.9. The predicted octanol–water partition coefficient (Wildman–Crippen LogP) is 2.21. The normalized spacial score (nSPS) is 22.3. The standard InChI is InChI=1S/C28H37F2N3O5/c1-21-3-5-24(6-4-21)32-9-7-27(35,8-10-32)17-31-11-12-33(26(34)16-37-2)19-28(36,18-31)20-38-25-14-22(29)13-23(30)15-25/h3-6,13-15,35-36H,7-12,16-20H2,1-2H3/t28-/m0/s1. The molecule has 2 aromatic rings. The summed E-state index contributed by atoms with van der Waals surface area (Å²) in [5, 5.41) is 23.0. The van der Waals surface area contributed by atoms with E-state index in [0.29, 0.717) is 45.6 Å². The van der Waals surface area contributed by atoms with Gasteiger partial charge in [-0.3, -0.25) is 9.69 Å². The highest BCUT2D eigenvalue weighted by Gasteiger charge is 2.41. The van der Waals surface area contributed by atoms with Crippen LogP contribution in [0.4, 0.5) is 14.5 Å². The zero-order chi connectivity index (χ0) is 27.3. The van der Waals surface area contributed by atoms with Crippen molar-refractivity contribution in [2.45, 2.75) is 31.0 Å². The van der Waals surface area contributed by atoms with E-state index in [4.69, 9.17) is 9.47 Å². The van der Waals surface area contributed by atoms with Crippen molar-refractivity contribution in [3.05, 3.63) is 59.7 Å². The molecule has 0 unspecified atom stereocenters. The van der Waals surface area contributed by atoms with Crippen LogP contribution < -0.4 is 9.64 Å². The zero-order valence-electron chi connectivity index (χ0n) is 22.0. The van der Waals surface area contributed by atoms with Gasteiger partial charge in [0.15, 0.2) is 0 Å². The third-order valence-corrected chi connectivity index (χ3v) is 7.26. The molecular formula is C28H37F2N3O5. The van der Waals surface area contributed by atoms with Crippen LogP contribution in [-0.4, -0.2) is 103 Å². The molecule has 4 rings (SSSR count). The molecule has 1 atom stereocenters. The first-order chi connectivity index (χ1) is 18.1. The summed E-state index contributed by atoms with van der Waals surface area (Å²) in [6.45, 7) is 4.20. The summed E-state index contributed by atoms with van der Waals surface area (Å²) in [7, 11) is 1.42. The largest absolute Gasteiger partial charge is 0.490 e. The molecule has 10 heteroatoms. The maximum Gasteiger partial charge on any atom is 0.248 e. The number of ether oxygens (including phenoxy) is 2. The molecule has 2 aromatic carbocycles. The Balaban J connectivity index is 1.43. The molecule has 2 N–H and O–H groups in total. The summed E-state index contributed by atoms with van der Waals surface area (Å²) >= 11 is 0. The number of β-amino-alcohol motifs (C(OH)–C–C–N with tert-alkyl or cyclic N) is 2. The molecular weight excluding hydrogens is 496 g/mol. The van der Waals surface area contributed by atoms with Gasteiger partial charge in [-0.05, 0) is 31.9 Å². The number of aryl methyl sites for hydroxylation is 1. The Bertz CT molecular complexity index is 1070. The van der Waals surface area contributed by atoms with Gasteiger partial charge < -0.3 is 29.5 Å². The fourth-order valence-corrected chi connectivity index (χ4v) is 5.24. The van der Waals surface area contributed by atoms with Crippen molar-refractivity contribution >= 4 is 11.6 Å². The van der Waals surface area contributed by atoms with Crippen LogP contribution in [0.15, 0.2) is 42.5 Å². The summed E-state index contributed by atoms with van der Waals surface area (Å²) < 4.78 is 37.9. The number of hydrogen-bond donors (Lipinski definition) is 2. The van der Waals surface area contributed by atoms with Crippen LogP contribution in [0.25, 0.3) is 0 Å². The van der Waals surface area contributed by atoms with Crippen molar-refractivity contribution in [3.63, 3.8) is 0 Å². The second-order valence-electron chi connectivity index (χ2n) is 10.6. The van der Waals surface area contributed by atoms with Crippen LogP contribution in [0.2, 0.25) is 0 Å². The van der Waals surface area contributed by atoms with Gasteiger partial charge in [0.05, 0.1) is 12.1 Å². The van der Waals surface area contributed by atoms with Crippen molar-refractivity contribution in [3.8, 4) is 5.75 Å². The van der Waals surface area contributed by atoms with Crippen molar-refractivity contribution in [2.75, 3.05) is 71.0 Å². The highest BCUT2D eigenvalue weighted by molar-refractivity contribution is 5.77. The van der Waals surface area contributed by atoms with Gasteiger partial charge in [0.2, 0.25) is 5.91 Å².